The van der Waals surface area contributed by atoms with Crippen LogP contribution >= 0.6 is 11.3 Å². The third kappa shape index (κ3) is 3.68. The Balaban J connectivity index is 1.49. The lowest BCUT2D eigenvalue weighted by atomic mass is 9.99. The van der Waals surface area contributed by atoms with E-state index in [9.17, 15) is 14.0 Å². The van der Waals surface area contributed by atoms with Gasteiger partial charge in [-0.25, -0.2) is 9.37 Å². The molecule has 0 radical (unpaired) electrons. The molecule has 0 bridgehead atoms. The smallest absolute Gasteiger partial charge is 0.274 e. The number of halogens is 1. The van der Waals surface area contributed by atoms with Crippen LogP contribution in [-0.2, 0) is 13.0 Å². The topological polar surface area (TPSA) is 120 Å². The summed E-state index contributed by atoms with van der Waals surface area (Å²) in [5, 5.41) is 4.73. The molecular weight excluding hydrogens is 443 g/mol. The van der Waals surface area contributed by atoms with Gasteiger partial charge in [0, 0.05) is 24.2 Å². The highest BCUT2D eigenvalue weighted by Gasteiger charge is 2.54. The van der Waals surface area contributed by atoms with Gasteiger partial charge in [0.15, 0.2) is 5.13 Å². The fourth-order valence-electron chi connectivity index (χ4n) is 5.09. The number of hydrogen-bond donors (Lipinski definition) is 2. The number of amides is 2. The van der Waals surface area contributed by atoms with E-state index < -0.39 is 5.91 Å². The molecule has 1 aliphatic carbocycles. The second-order valence-corrected chi connectivity index (χ2v) is 9.73. The third-order valence-corrected chi connectivity index (χ3v) is 7.54. The van der Waals surface area contributed by atoms with Gasteiger partial charge in [-0.3, -0.25) is 14.3 Å². The molecule has 0 spiro atoms. The average molecular weight is 469 g/mol. The van der Waals surface area contributed by atoms with E-state index in [1.54, 1.807) is 16.8 Å². The predicted octanol–water partition coefficient (Wildman–Crippen LogP) is 3.00. The van der Waals surface area contributed by atoms with Gasteiger partial charge in [-0.1, -0.05) is 23.5 Å². The van der Waals surface area contributed by atoms with Gasteiger partial charge in [-0.05, 0) is 56.7 Å². The minimum Gasteiger partial charge on any atom is -0.375 e. The number of piperidine rings is 1. The number of benzene rings is 1. The first kappa shape index (κ1) is 21.6. The molecule has 3 aromatic rings. The number of hydrogen-bond acceptors (Lipinski definition) is 6. The largest absolute Gasteiger partial charge is 0.375 e. The van der Waals surface area contributed by atoms with Crippen molar-refractivity contribution in [1.29, 1.82) is 0 Å². The van der Waals surface area contributed by atoms with Crippen molar-refractivity contribution in [2.75, 3.05) is 5.73 Å². The molecule has 1 saturated heterocycles. The van der Waals surface area contributed by atoms with Crippen molar-refractivity contribution < 1.29 is 14.0 Å². The SMILES string of the molecule is CCn1nc(C)c(C[C@@H]2C[C@@H]3C[C@@H]3N2C(=O)c2nc(N)sc2-c2cccc(F)c2)c1C(N)=O. The highest BCUT2D eigenvalue weighted by Crippen LogP contribution is 2.50. The van der Waals surface area contributed by atoms with E-state index in [0.717, 1.165) is 24.1 Å². The van der Waals surface area contributed by atoms with Crippen molar-refractivity contribution >= 4 is 28.3 Å². The maximum atomic E-state index is 13.9. The number of aromatic nitrogens is 3. The van der Waals surface area contributed by atoms with Crippen LogP contribution in [0, 0.1) is 18.7 Å². The summed E-state index contributed by atoms with van der Waals surface area (Å²) in [5.74, 6) is -0.680. The summed E-state index contributed by atoms with van der Waals surface area (Å²) in [6.45, 7) is 4.30. The van der Waals surface area contributed by atoms with Crippen molar-refractivity contribution in [3.05, 3.63) is 52.7 Å². The van der Waals surface area contributed by atoms with Crippen molar-refractivity contribution in [1.82, 2.24) is 19.7 Å². The molecule has 0 unspecified atom stereocenters. The quantitative estimate of drug-likeness (QED) is 0.576. The lowest BCUT2D eigenvalue weighted by Crippen LogP contribution is -2.40. The summed E-state index contributed by atoms with van der Waals surface area (Å²) in [6.07, 6.45) is 2.30. The van der Waals surface area contributed by atoms with Crippen LogP contribution in [0.4, 0.5) is 9.52 Å². The number of fused-ring (bicyclic) bond motifs is 1. The van der Waals surface area contributed by atoms with Crippen LogP contribution in [-0.4, -0.2) is 43.6 Å². The zero-order valence-electron chi connectivity index (χ0n) is 18.4. The first-order chi connectivity index (χ1) is 15.8. The Hall–Kier alpha value is -3.27. The van der Waals surface area contributed by atoms with Crippen molar-refractivity contribution in [2.24, 2.45) is 11.7 Å². The van der Waals surface area contributed by atoms with Gasteiger partial charge in [-0.2, -0.15) is 5.10 Å². The summed E-state index contributed by atoms with van der Waals surface area (Å²) in [6, 6.07) is 6.13. The lowest BCUT2D eigenvalue weighted by molar-refractivity contribution is 0.0695. The van der Waals surface area contributed by atoms with Crippen LogP contribution in [0.15, 0.2) is 24.3 Å². The molecule has 2 aliphatic rings. The zero-order chi connectivity index (χ0) is 23.4. The maximum Gasteiger partial charge on any atom is 0.274 e. The number of nitrogens with zero attached hydrogens (tertiary/aromatic N) is 4. The molecule has 2 amide bonds. The molecule has 10 heteroatoms. The Kier molecular flexibility index (Phi) is 5.19. The molecule has 1 saturated carbocycles. The van der Waals surface area contributed by atoms with Crippen LogP contribution < -0.4 is 11.5 Å². The Morgan fingerprint density at radius 2 is 2.09 bits per heavy atom. The number of thiazole rings is 1. The van der Waals surface area contributed by atoms with Gasteiger partial charge in [0.25, 0.3) is 11.8 Å². The van der Waals surface area contributed by atoms with Crippen LogP contribution in [0.3, 0.4) is 0 Å². The number of carbonyl (C=O) groups excluding carboxylic acids is 2. The minimum absolute atomic E-state index is 0.101. The molecule has 3 atom stereocenters. The van der Waals surface area contributed by atoms with Gasteiger partial charge in [0.1, 0.15) is 17.2 Å². The second-order valence-electron chi connectivity index (χ2n) is 8.70. The van der Waals surface area contributed by atoms with Crippen molar-refractivity contribution in [2.45, 2.75) is 51.7 Å². The molecule has 3 heterocycles. The number of likely N-dealkylation sites (tertiary alicyclic amines) is 1. The molecule has 5 rings (SSSR count). The molecule has 1 aromatic carbocycles. The van der Waals surface area contributed by atoms with Crippen LogP contribution in [0.5, 0.6) is 0 Å². The van der Waals surface area contributed by atoms with Gasteiger partial charge in [0.05, 0.1) is 10.6 Å². The van der Waals surface area contributed by atoms with Gasteiger partial charge < -0.3 is 16.4 Å². The standard InChI is InChI=1S/C23H25FN6O2S/c1-3-29-19(21(25)31)16(11(2)28-29)10-15-8-13-9-17(13)30(15)22(32)18-20(33-23(26)27-18)12-5-4-6-14(24)7-12/h4-7,13,15,17H,3,8-10H2,1-2H3,(H2,25,31)(H2,26,27)/t13-,15+,17+/m1/s1. The number of aryl methyl sites for hydroxylation is 2. The third-order valence-electron chi connectivity index (χ3n) is 6.60. The summed E-state index contributed by atoms with van der Waals surface area (Å²) >= 11 is 1.18. The minimum atomic E-state index is -0.519. The average Bonchev–Trinajstić information content (AvgIpc) is 3.11. The van der Waals surface area contributed by atoms with Crippen molar-refractivity contribution in [3.63, 3.8) is 0 Å². The molecule has 8 nitrogen and oxygen atoms in total. The Labute approximate surface area is 194 Å². The summed E-state index contributed by atoms with van der Waals surface area (Å²) in [4.78, 5) is 32.7. The van der Waals surface area contributed by atoms with Gasteiger partial charge in [0.2, 0.25) is 0 Å². The van der Waals surface area contributed by atoms with E-state index >= 15 is 0 Å². The normalized spacial score (nSPS) is 21.3. The second kappa shape index (κ2) is 7.95. The fourth-order valence-corrected chi connectivity index (χ4v) is 5.91. The predicted molar refractivity (Wildman–Crippen MR) is 123 cm³/mol. The van der Waals surface area contributed by atoms with E-state index in [0.29, 0.717) is 35.0 Å². The van der Waals surface area contributed by atoms with Crippen LogP contribution in [0.1, 0.15) is 52.0 Å². The highest BCUT2D eigenvalue weighted by molar-refractivity contribution is 7.19. The summed E-state index contributed by atoms with van der Waals surface area (Å²) in [7, 11) is 0. The molecule has 33 heavy (non-hydrogen) atoms. The highest BCUT2D eigenvalue weighted by atomic mass is 32.1. The van der Waals surface area contributed by atoms with E-state index in [1.807, 2.05) is 18.7 Å². The van der Waals surface area contributed by atoms with Crippen LogP contribution in [0.25, 0.3) is 10.4 Å². The molecular formula is C23H25FN6O2S. The summed E-state index contributed by atoms with van der Waals surface area (Å²) in [5.41, 5.74) is 14.4. The molecule has 172 valence electrons. The summed E-state index contributed by atoms with van der Waals surface area (Å²) < 4.78 is 15.5. The first-order valence-corrected chi connectivity index (χ1v) is 11.8. The van der Waals surface area contributed by atoms with E-state index in [2.05, 4.69) is 10.1 Å². The first-order valence-electron chi connectivity index (χ1n) is 11.0. The van der Waals surface area contributed by atoms with E-state index in [4.69, 9.17) is 11.5 Å². The molecule has 2 aromatic heterocycles. The lowest BCUT2D eigenvalue weighted by Gasteiger charge is -2.27. The maximum absolute atomic E-state index is 13.9. The Morgan fingerprint density at radius 1 is 1.30 bits per heavy atom. The monoisotopic (exact) mass is 468 g/mol. The number of primary amides is 1. The zero-order valence-corrected chi connectivity index (χ0v) is 19.2. The van der Waals surface area contributed by atoms with Crippen LogP contribution in [0.2, 0.25) is 0 Å². The number of anilines is 1. The molecule has 1 aliphatic heterocycles. The Bertz CT molecular complexity index is 1270. The van der Waals surface area contributed by atoms with E-state index in [1.165, 1.54) is 23.5 Å². The van der Waals surface area contributed by atoms with Gasteiger partial charge in [-0.15, -0.1) is 0 Å². The number of nitrogen functional groups attached to an aromatic ring is 1. The van der Waals surface area contributed by atoms with Gasteiger partial charge >= 0.3 is 0 Å². The number of carbonyl (C=O) groups is 2. The van der Waals surface area contributed by atoms with E-state index in [-0.39, 0.29) is 34.6 Å². The molecule has 2 fully saturated rings. The fraction of sp³-hybridized carbons (Fsp3) is 0.391. The number of nitrogens with two attached hydrogens (primary N) is 2. The van der Waals surface area contributed by atoms with Crippen molar-refractivity contribution in [3.8, 4) is 10.4 Å². The number of rotatable bonds is 6. The molecule has 4 N–H and O–H groups in total. The Morgan fingerprint density at radius 3 is 2.79 bits per heavy atom.